The van der Waals surface area contributed by atoms with E-state index in [-0.39, 0.29) is 6.04 Å². The van der Waals surface area contributed by atoms with Crippen LogP contribution in [-0.4, -0.2) is 26.3 Å². The van der Waals surface area contributed by atoms with Crippen LogP contribution in [0.25, 0.3) is 0 Å². The summed E-state index contributed by atoms with van der Waals surface area (Å²) < 4.78 is 1.73. The number of aromatic nitrogens is 4. The summed E-state index contributed by atoms with van der Waals surface area (Å²) in [6.07, 6.45) is 6.68. The normalized spacial score (nSPS) is 12.6. The van der Waals surface area contributed by atoms with E-state index in [0.29, 0.717) is 6.54 Å². The quantitative estimate of drug-likeness (QED) is 0.750. The number of rotatable bonds is 3. The van der Waals surface area contributed by atoms with Gasteiger partial charge in [-0.25, -0.2) is 9.67 Å². The maximum atomic E-state index is 5.68. The summed E-state index contributed by atoms with van der Waals surface area (Å²) in [6.45, 7) is 0.481. The maximum Gasteiger partial charge on any atom is 0.137 e. The topological polar surface area (TPSA) is 69.6 Å². The van der Waals surface area contributed by atoms with E-state index in [1.807, 2.05) is 12.1 Å². The zero-order chi connectivity index (χ0) is 9.80. The van der Waals surface area contributed by atoms with Gasteiger partial charge in [0.2, 0.25) is 0 Å². The van der Waals surface area contributed by atoms with Gasteiger partial charge in [0, 0.05) is 18.9 Å². The Morgan fingerprint density at radius 2 is 2.36 bits per heavy atom. The van der Waals surface area contributed by atoms with Crippen LogP contribution in [-0.2, 0) is 0 Å². The Bertz CT molecular complexity index is 369. The number of hydrogen-bond donors (Lipinski definition) is 1. The summed E-state index contributed by atoms with van der Waals surface area (Å²) >= 11 is 0. The molecule has 72 valence electrons. The van der Waals surface area contributed by atoms with Gasteiger partial charge in [-0.15, -0.1) is 0 Å². The average Bonchev–Trinajstić information content (AvgIpc) is 2.74. The Hall–Kier alpha value is -1.75. The molecule has 0 aliphatic carbocycles. The van der Waals surface area contributed by atoms with Crippen LogP contribution >= 0.6 is 0 Å². The second kappa shape index (κ2) is 3.97. The molecule has 14 heavy (non-hydrogen) atoms. The van der Waals surface area contributed by atoms with Crippen molar-refractivity contribution in [3.05, 3.63) is 42.7 Å². The molecule has 0 bridgehead atoms. The number of nitrogens with zero attached hydrogens (tertiary/aromatic N) is 4. The lowest BCUT2D eigenvalue weighted by molar-refractivity contribution is 0.529. The van der Waals surface area contributed by atoms with E-state index >= 15 is 0 Å². The average molecular weight is 189 g/mol. The summed E-state index contributed by atoms with van der Waals surface area (Å²) in [6, 6.07) is 3.88. The summed E-state index contributed by atoms with van der Waals surface area (Å²) in [5.74, 6) is 0. The predicted molar refractivity (Wildman–Crippen MR) is 51.5 cm³/mol. The van der Waals surface area contributed by atoms with Crippen molar-refractivity contribution in [3.8, 4) is 0 Å². The number of hydrogen-bond acceptors (Lipinski definition) is 4. The van der Waals surface area contributed by atoms with Gasteiger partial charge in [0.25, 0.3) is 0 Å². The molecule has 5 nitrogen and oxygen atoms in total. The summed E-state index contributed by atoms with van der Waals surface area (Å²) in [4.78, 5) is 7.94. The second-order valence-electron chi connectivity index (χ2n) is 2.91. The largest absolute Gasteiger partial charge is 0.328 e. The highest BCUT2D eigenvalue weighted by Crippen LogP contribution is 2.13. The fourth-order valence-electron chi connectivity index (χ4n) is 1.35. The van der Waals surface area contributed by atoms with Crippen molar-refractivity contribution >= 4 is 0 Å². The van der Waals surface area contributed by atoms with Crippen molar-refractivity contribution in [1.29, 1.82) is 0 Å². The van der Waals surface area contributed by atoms with Gasteiger partial charge in [0.1, 0.15) is 12.7 Å². The monoisotopic (exact) mass is 189 g/mol. The lowest BCUT2D eigenvalue weighted by Crippen LogP contribution is -2.20. The zero-order valence-corrected chi connectivity index (χ0v) is 7.61. The Morgan fingerprint density at radius 3 is 2.93 bits per heavy atom. The molecule has 0 aromatic carbocycles. The minimum Gasteiger partial charge on any atom is -0.328 e. The van der Waals surface area contributed by atoms with Crippen LogP contribution in [0.15, 0.2) is 37.2 Å². The van der Waals surface area contributed by atoms with Crippen molar-refractivity contribution in [2.24, 2.45) is 5.73 Å². The standard InChI is InChI=1S/C9H11N5/c10-4-9(14-7-12-6-13-14)8-2-1-3-11-5-8/h1-3,5-7,9H,4,10H2. The summed E-state index contributed by atoms with van der Waals surface area (Å²) in [5, 5.41) is 4.06. The van der Waals surface area contributed by atoms with Crippen LogP contribution in [0.4, 0.5) is 0 Å². The van der Waals surface area contributed by atoms with Crippen molar-refractivity contribution in [3.63, 3.8) is 0 Å². The molecule has 0 amide bonds. The first-order valence-electron chi connectivity index (χ1n) is 4.36. The fraction of sp³-hybridized carbons (Fsp3) is 0.222. The molecule has 2 aromatic rings. The molecule has 2 aromatic heterocycles. The van der Waals surface area contributed by atoms with Crippen LogP contribution < -0.4 is 5.73 Å². The Morgan fingerprint density at radius 1 is 1.43 bits per heavy atom. The molecule has 0 fully saturated rings. The van der Waals surface area contributed by atoms with Crippen molar-refractivity contribution in [2.75, 3.05) is 6.54 Å². The van der Waals surface area contributed by atoms with Gasteiger partial charge >= 0.3 is 0 Å². The van der Waals surface area contributed by atoms with E-state index in [0.717, 1.165) is 5.56 Å². The highest BCUT2D eigenvalue weighted by atomic mass is 15.3. The van der Waals surface area contributed by atoms with Crippen molar-refractivity contribution in [2.45, 2.75) is 6.04 Å². The molecule has 2 N–H and O–H groups in total. The third kappa shape index (κ3) is 1.62. The Balaban J connectivity index is 2.31. The highest BCUT2D eigenvalue weighted by molar-refractivity contribution is 5.14. The van der Waals surface area contributed by atoms with E-state index in [1.165, 1.54) is 6.33 Å². The van der Waals surface area contributed by atoms with Gasteiger partial charge in [0.15, 0.2) is 0 Å². The maximum absolute atomic E-state index is 5.68. The molecule has 1 unspecified atom stereocenters. The van der Waals surface area contributed by atoms with Gasteiger partial charge in [-0.05, 0) is 11.6 Å². The molecule has 0 spiro atoms. The van der Waals surface area contributed by atoms with Crippen LogP contribution in [0.2, 0.25) is 0 Å². The number of nitrogens with two attached hydrogens (primary N) is 1. The molecule has 0 radical (unpaired) electrons. The molecule has 0 saturated heterocycles. The first-order chi connectivity index (χ1) is 6.92. The molecular formula is C9H11N5. The molecule has 2 rings (SSSR count). The van der Waals surface area contributed by atoms with Crippen LogP contribution in [0.3, 0.4) is 0 Å². The Labute approximate surface area is 81.6 Å². The van der Waals surface area contributed by atoms with Crippen LogP contribution in [0.1, 0.15) is 11.6 Å². The fourth-order valence-corrected chi connectivity index (χ4v) is 1.35. The smallest absolute Gasteiger partial charge is 0.137 e. The molecule has 1 atom stereocenters. The van der Waals surface area contributed by atoms with Gasteiger partial charge in [-0.3, -0.25) is 4.98 Å². The molecule has 2 heterocycles. The minimum absolute atomic E-state index is 0.0196. The molecule has 0 aliphatic heterocycles. The van der Waals surface area contributed by atoms with E-state index in [1.54, 1.807) is 23.4 Å². The van der Waals surface area contributed by atoms with Crippen LogP contribution in [0.5, 0.6) is 0 Å². The van der Waals surface area contributed by atoms with E-state index in [2.05, 4.69) is 15.1 Å². The first kappa shape index (κ1) is 8.83. The third-order valence-electron chi connectivity index (χ3n) is 2.05. The van der Waals surface area contributed by atoms with Gasteiger partial charge < -0.3 is 5.73 Å². The summed E-state index contributed by atoms with van der Waals surface area (Å²) in [5.41, 5.74) is 6.72. The van der Waals surface area contributed by atoms with Crippen LogP contribution in [0, 0.1) is 0 Å². The number of pyridine rings is 1. The first-order valence-corrected chi connectivity index (χ1v) is 4.36. The SMILES string of the molecule is NCC(c1cccnc1)n1cncn1. The summed E-state index contributed by atoms with van der Waals surface area (Å²) in [7, 11) is 0. The van der Waals surface area contributed by atoms with E-state index in [9.17, 15) is 0 Å². The third-order valence-corrected chi connectivity index (χ3v) is 2.05. The predicted octanol–water partition coefficient (Wildman–Crippen LogP) is 0.221. The van der Waals surface area contributed by atoms with E-state index < -0.39 is 0 Å². The van der Waals surface area contributed by atoms with Crippen molar-refractivity contribution < 1.29 is 0 Å². The zero-order valence-electron chi connectivity index (χ0n) is 7.61. The molecular weight excluding hydrogens is 178 g/mol. The lowest BCUT2D eigenvalue weighted by atomic mass is 10.1. The second-order valence-corrected chi connectivity index (χ2v) is 2.91. The van der Waals surface area contributed by atoms with Gasteiger partial charge in [0.05, 0.1) is 6.04 Å². The van der Waals surface area contributed by atoms with Gasteiger partial charge in [-0.2, -0.15) is 5.10 Å². The van der Waals surface area contributed by atoms with Crippen molar-refractivity contribution in [1.82, 2.24) is 19.7 Å². The van der Waals surface area contributed by atoms with E-state index in [4.69, 9.17) is 5.73 Å². The highest BCUT2D eigenvalue weighted by Gasteiger charge is 2.11. The Kier molecular flexibility index (Phi) is 2.51. The molecule has 5 heteroatoms. The molecule has 0 aliphatic rings. The minimum atomic E-state index is 0.0196. The van der Waals surface area contributed by atoms with Gasteiger partial charge in [-0.1, -0.05) is 6.07 Å². The molecule has 0 saturated carbocycles. The lowest BCUT2D eigenvalue weighted by Gasteiger charge is -2.14.